The first kappa shape index (κ1) is 19.3. The van der Waals surface area contributed by atoms with Crippen LogP contribution >= 0.6 is 0 Å². The van der Waals surface area contributed by atoms with Crippen molar-refractivity contribution in [3.05, 3.63) is 59.8 Å². The minimum Gasteiger partial charge on any atom is -0.478 e. The van der Waals surface area contributed by atoms with Crippen molar-refractivity contribution in [2.24, 2.45) is 5.92 Å². The van der Waals surface area contributed by atoms with E-state index in [1.54, 1.807) is 18.3 Å². The first-order valence-electron chi connectivity index (χ1n) is 10.2. The lowest BCUT2D eigenvalue weighted by atomic mass is 9.85. The fourth-order valence-electron chi connectivity index (χ4n) is 3.95. The number of allylic oxidation sites excluding steroid dienone is 1. The largest absolute Gasteiger partial charge is 0.478 e. The number of aromatic carboxylic acids is 1. The van der Waals surface area contributed by atoms with E-state index in [0.717, 1.165) is 23.5 Å². The lowest BCUT2D eigenvalue weighted by Crippen LogP contribution is -2.05. The van der Waals surface area contributed by atoms with Gasteiger partial charge in [-0.25, -0.2) is 4.79 Å². The molecular formula is C24H29NO2. The molecule has 1 aliphatic carbocycles. The van der Waals surface area contributed by atoms with Crippen LogP contribution < -0.4 is 0 Å². The van der Waals surface area contributed by atoms with E-state index in [-0.39, 0.29) is 5.56 Å². The summed E-state index contributed by atoms with van der Waals surface area (Å²) in [5.41, 5.74) is 2.72. The Morgan fingerprint density at radius 3 is 2.59 bits per heavy atom. The molecule has 0 saturated heterocycles. The third-order valence-electron chi connectivity index (χ3n) is 5.49. The zero-order chi connectivity index (χ0) is 18.9. The molecule has 0 atom stereocenters. The molecule has 1 heterocycles. The normalized spacial score (nSPS) is 15.3. The number of pyridine rings is 1. The highest BCUT2D eigenvalue weighted by Gasteiger charge is 2.13. The monoisotopic (exact) mass is 363 g/mol. The summed E-state index contributed by atoms with van der Waals surface area (Å²) in [6.45, 7) is 0. The number of rotatable bonds is 8. The molecule has 27 heavy (non-hydrogen) atoms. The molecule has 1 saturated carbocycles. The maximum atomic E-state index is 11.3. The Balaban J connectivity index is 1.48. The predicted octanol–water partition coefficient (Wildman–Crippen LogP) is 6.60. The second kappa shape index (κ2) is 10.1. The van der Waals surface area contributed by atoms with E-state index in [9.17, 15) is 9.90 Å². The molecule has 1 aliphatic rings. The maximum absolute atomic E-state index is 11.3. The van der Waals surface area contributed by atoms with Crippen LogP contribution in [-0.4, -0.2) is 16.1 Å². The van der Waals surface area contributed by atoms with E-state index in [1.165, 1.54) is 51.4 Å². The van der Waals surface area contributed by atoms with E-state index < -0.39 is 5.97 Å². The molecule has 0 amide bonds. The van der Waals surface area contributed by atoms with Gasteiger partial charge < -0.3 is 5.11 Å². The van der Waals surface area contributed by atoms with Gasteiger partial charge in [0.1, 0.15) is 0 Å². The number of carboxylic acid groups (broad SMARTS) is 1. The van der Waals surface area contributed by atoms with Crippen molar-refractivity contribution in [3.63, 3.8) is 0 Å². The van der Waals surface area contributed by atoms with Crippen LogP contribution in [0.3, 0.4) is 0 Å². The topological polar surface area (TPSA) is 50.2 Å². The van der Waals surface area contributed by atoms with Crippen molar-refractivity contribution >= 4 is 12.0 Å². The second-order valence-electron chi connectivity index (χ2n) is 7.52. The average Bonchev–Trinajstić information content (AvgIpc) is 2.72. The molecule has 3 nitrogen and oxygen atoms in total. The molecule has 0 radical (unpaired) electrons. The van der Waals surface area contributed by atoms with Crippen molar-refractivity contribution in [3.8, 4) is 11.3 Å². The van der Waals surface area contributed by atoms with E-state index in [2.05, 4.69) is 17.1 Å². The standard InChI is InChI=1S/C24H29NO2/c26-24(27)22-13-8-18-25-23(22)21-16-14-20(15-17-21)12-5-2-1-4-9-19-10-6-3-7-11-19/h5,8,12-19H,1-4,6-7,9-11H2,(H,26,27)/b12-5+. The molecule has 0 aliphatic heterocycles. The van der Waals surface area contributed by atoms with Crippen LogP contribution in [0, 0.1) is 5.92 Å². The smallest absolute Gasteiger partial charge is 0.337 e. The van der Waals surface area contributed by atoms with Gasteiger partial charge in [0.25, 0.3) is 0 Å². The summed E-state index contributed by atoms with van der Waals surface area (Å²) >= 11 is 0. The Bertz CT molecular complexity index is 758. The minimum absolute atomic E-state index is 0.235. The summed E-state index contributed by atoms with van der Waals surface area (Å²) in [7, 11) is 0. The Morgan fingerprint density at radius 2 is 1.85 bits per heavy atom. The third-order valence-corrected chi connectivity index (χ3v) is 5.49. The maximum Gasteiger partial charge on any atom is 0.337 e. The van der Waals surface area contributed by atoms with Crippen molar-refractivity contribution < 1.29 is 9.90 Å². The van der Waals surface area contributed by atoms with Crippen LogP contribution in [0.4, 0.5) is 0 Å². The number of aromatic nitrogens is 1. The molecular weight excluding hydrogens is 334 g/mol. The highest BCUT2D eigenvalue weighted by Crippen LogP contribution is 2.28. The molecule has 0 spiro atoms. The number of hydrogen-bond acceptors (Lipinski definition) is 2. The lowest BCUT2D eigenvalue weighted by molar-refractivity contribution is 0.0697. The van der Waals surface area contributed by atoms with Crippen LogP contribution in [0.5, 0.6) is 0 Å². The summed E-state index contributed by atoms with van der Waals surface area (Å²) in [6, 6.07) is 11.2. The molecule has 1 aromatic heterocycles. The van der Waals surface area contributed by atoms with Crippen molar-refractivity contribution in [2.45, 2.75) is 57.8 Å². The predicted molar refractivity (Wildman–Crippen MR) is 111 cm³/mol. The van der Waals surface area contributed by atoms with Crippen LogP contribution in [0.2, 0.25) is 0 Å². The molecule has 1 N–H and O–H groups in total. The molecule has 1 aromatic carbocycles. The highest BCUT2D eigenvalue weighted by molar-refractivity contribution is 5.94. The van der Waals surface area contributed by atoms with Gasteiger partial charge in [0, 0.05) is 11.8 Å². The Labute approximate surface area is 162 Å². The molecule has 2 aromatic rings. The summed E-state index contributed by atoms with van der Waals surface area (Å²) in [5.74, 6) is 0.0351. The third kappa shape index (κ3) is 5.78. The molecule has 0 unspecified atom stereocenters. The number of unbranched alkanes of at least 4 members (excludes halogenated alkanes) is 2. The molecule has 142 valence electrons. The SMILES string of the molecule is O=C(O)c1cccnc1-c1ccc(/C=C/CCCCC2CCCCC2)cc1. The average molecular weight is 364 g/mol. The van der Waals surface area contributed by atoms with Gasteiger partial charge in [0.05, 0.1) is 11.3 Å². The summed E-state index contributed by atoms with van der Waals surface area (Å²) in [6.07, 6.45) is 18.4. The Hall–Kier alpha value is -2.42. The number of hydrogen-bond donors (Lipinski definition) is 1. The van der Waals surface area contributed by atoms with Crippen molar-refractivity contribution in [1.82, 2.24) is 4.98 Å². The van der Waals surface area contributed by atoms with Gasteiger partial charge in [-0.2, -0.15) is 0 Å². The molecule has 3 rings (SSSR count). The summed E-state index contributed by atoms with van der Waals surface area (Å²) < 4.78 is 0. The van der Waals surface area contributed by atoms with Crippen molar-refractivity contribution in [2.75, 3.05) is 0 Å². The Morgan fingerprint density at radius 1 is 1.07 bits per heavy atom. The minimum atomic E-state index is -0.949. The number of nitrogens with zero attached hydrogens (tertiary/aromatic N) is 1. The fourth-order valence-corrected chi connectivity index (χ4v) is 3.95. The van der Waals surface area contributed by atoms with Gasteiger partial charge in [-0.3, -0.25) is 4.98 Å². The van der Waals surface area contributed by atoms with Gasteiger partial charge in [0.15, 0.2) is 0 Å². The first-order valence-corrected chi connectivity index (χ1v) is 10.2. The summed E-state index contributed by atoms with van der Waals surface area (Å²) in [5, 5.41) is 9.30. The zero-order valence-corrected chi connectivity index (χ0v) is 15.9. The number of benzene rings is 1. The van der Waals surface area contributed by atoms with E-state index >= 15 is 0 Å². The lowest BCUT2D eigenvalue weighted by Gasteiger charge is -2.21. The van der Waals surface area contributed by atoms with Gasteiger partial charge >= 0.3 is 5.97 Å². The first-order chi connectivity index (χ1) is 13.2. The number of carbonyl (C=O) groups is 1. The molecule has 3 heteroatoms. The quantitative estimate of drug-likeness (QED) is 0.537. The second-order valence-corrected chi connectivity index (χ2v) is 7.52. The van der Waals surface area contributed by atoms with E-state index in [0.29, 0.717) is 5.69 Å². The van der Waals surface area contributed by atoms with Crippen molar-refractivity contribution in [1.29, 1.82) is 0 Å². The van der Waals surface area contributed by atoms with E-state index in [4.69, 9.17) is 0 Å². The molecule has 1 fully saturated rings. The van der Waals surface area contributed by atoms with Crippen LogP contribution in [0.15, 0.2) is 48.7 Å². The van der Waals surface area contributed by atoms with Crippen LogP contribution in [0.1, 0.15) is 73.7 Å². The van der Waals surface area contributed by atoms with Crippen LogP contribution in [0.25, 0.3) is 17.3 Å². The fraction of sp³-hybridized carbons (Fsp3) is 0.417. The molecule has 0 bridgehead atoms. The Kier molecular flexibility index (Phi) is 7.20. The summed E-state index contributed by atoms with van der Waals surface area (Å²) in [4.78, 5) is 15.6. The van der Waals surface area contributed by atoms with Gasteiger partial charge in [-0.15, -0.1) is 0 Å². The highest BCUT2D eigenvalue weighted by atomic mass is 16.4. The van der Waals surface area contributed by atoms with E-state index in [1.807, 2.05) is 24.3 Å². The zero-order valence-electron chi connectivity index (χ0n) is 15.9. The van der Waals surface area contributed by atoms with Gasteiger partial charge in [-0.1, -0.05) is 81.4 Å². The van der Waals surface area contributed by atoms with Gasteiger partial charge in [-0.05, 0) is 36.5 Å². The number of carboxylic acids is 1. The van der Waals surface area contributed by atoms with Crippen LogP contribution in [-0.2, 0) is 0 Å². The van der Waals surface area contributed by atoms with Gasteiger partial charge in [0.2, 0.25) is 0 Å².